The fourth-order valence-electron chi connectivity index (χ4n) is 1.60. The van der Waals surface area contributed by atoms with Crippen LogP contribution in [0.25, 0.3) is 0 Å². The summed E-state index contributed by atoms with van der Waals surface area (Å²) in [6.45, 7) is 1.90. The minimum Gasteiger partial charge on any atom is -0.396 e. The van der Waals surface area contributed by atoms with E-state index in [4.69, 9.17) is 5.11 Å². The second-order valence-electron chi connectivity index (χ2n) is 3.97. The van der Waals surface area contributed by atoms with Crippen LogP contribution in [0.3, 0.4) is 0 Å². The Hall–Kier alpha value is -1.89. The number of H-pyrrole nitrogens is 2. The summed E-state index contributed by atoms with van der Waals surface area (Å²) >= 11 is 0. The maximum absolute atomic E-state index is 11.7. The molecule has 0 spiro atoms. The van der Waals surface area contributed by atoms with Crippen LogP contribution in [0.5, 0.6) is 0 Å². The first-order valence-corrected chi connectivity index (χ1v) is 5.78. The number of carbonyl (C=O) groups is 1. The molecule has 1 aromatic heterocycles. The lowest BCUT2D eigenvalue weighted by Gasteiger charge is -2.15. The van der Waals surface area contributed by atoms with E-state index in [1.54, 1.807) is 0 Å². The average molecular weight is 255 g/mol. The summed E-state index contributed by atoms with van der Waals surface area (Å²) in [7, 11) is 0. The lowest BCUT2D eigenvalue weighted by atomic mass is 10.1. The van der Waals surface area contributed by atoms with E-state index in [0.717, 1.165) is 0 Å². The second kappa shape index (κ2) is 6.75. The van der Waals surface area contributed by atoms with Gasteiger partial charge in [-0.05, 0) is 12.8 Å². The smallest absolute Gasteiger partial charge is 0.325 e. The van der Waals surface area contributed by atoms with Gasteiger partial charge in [0, 0.05) is 24.4 Å². The average Bonchev–Trinajstić information content (AvgIpc) is 2.26. The van der Waals surface area contributed by atoms with Gasteiger partial charge in [-0.2, -0.15) is 0 Å². The SMILES string of the molecule is CCC(CCO)NC(=O)Cc1cc(=O)[nH]c(=O)[nH]1. The molecule has 7 heteroatoms. The molecule has 0 aromatic carbocycles. The highest BCUT2D eigenvalue weighted by molar-refractivity contribution is 5.78. The lowest BCUT2D eigenvalue weighted by Crippen LogP contribution is -2.37. The summed E-state index contributed by atoms with van der Waals surface area (Å²) in [6, 6.07) is 1.07. The summed E-state index contributed by atoms with van der Waals surface area (Å²) in [5.41, 5.74) is -0.906. The van der Waals surface area contributed by atoms with Crippen molar-refractivity contribution in [1.29, 1.82) is 0 Å². The predicted octanol–water partition coefficient (Wildman–Crippen LogP) is -1.12. The summed E-state index contributed by atoms with van der Waals surface area (Å²) in [5.74, 6) is -0.295. The molecule has 1 unspecified atom stereocenters. The Balaban J connectivity index is 2.64. The molecule has 1 rings (SSSR count). The van der Waals surface area contributed by atoms with Gasteiger partial charge in [-0.3, -0.25) is 14.6 Å². The number of nitrogens with one attached hydrogen (secondary N) is 3. The Morgan fingerprint density at radius 1 is 1.44 bits per heavy atom. The van der Waals surface area contributed by atoms with Crippen LogP contribution >= 0.6 is 0 Å². The number of aromatic nitrogens is 2. The van der Waals surface area contributed by atoms with Crippen molar-refractivity contribution < 1.29 is 9.90 Å². The van der Waals surface area contributed by atoms with Crippen LogP contribution in [0.1, 0.15) is 25.5 Å². The van der Waals surface area contributed by atoms with Gasteiger partial charge in [0.15, 0.2) is 0 Å². The molecule has 0 saturated heterocycles. The third-order valence-electron chi connectivity index (χ3n) is 2.50. The first-order chi connectivity index (χ1) is 8.55. The second-order valence-corrected chi connectivity index (χ2v) is 3.97. The highest BCUT2D eigenvalue weighted by atomic mass is 16.3. The van der Waals surface area contributed by atoms with E-state index < -0.39 is 11.2 Å². The summed E-state index contributed by atoms with van der Waals surface area (Å²) in [4.78, 5) is 38.1. The van der Waals surface area contributed by atoms with Crippen molar-refractivity contribution in [1.82, 2.24) is 15.3 Å². The number of aliphatic hydroxyl groups is 1. The molecule has 0 fully saturated rings. The van der Waals surface area contributed by atoms with Crippen molar-refractivity contribution in [3.63, 3.8) is 0 Å². The molecule has 0 saturated carbocycles. The molecule has 1 aromatic rings. The molecular weight excluding hydrogens is 238 g/mol. The Morgan fingerprint density at radius 3 is 2.72 bits per heavy atom. The van der Waals surface area contributed by atoms with Gasteiger partial charge in [-0.15, -0.1) is 0 Å². The standard InChI is InChI=1S/C11H17N3O4/c1-2-7(3-4-15)12-9(16)5-8-6-10(17)14-11(18)13-8/h6-7,15H,2-5H2,1H3,(H,12,16)(H2,13,14,17,18). The van der Waals surface area contributed by atoms with Crippen molar-refractivity contribution in [2.75, 3.05) is 6.61 Å². The predicted molar refractivity (Wildman–Crippen MR) is 65.3 cm³/mol. The zero-order valence-electron chi connectivity index (χ0n) is 10.2. The van der Waals surface area contributed by atoms with E-state index >= 15 is 0 Å². The van der Waals surface area contributed by atoms with Crippen LogP contribution in [0.2, 0.25) is 0 Å². The van der Waals surface area contributed by atoms with Gasteiger partial charge in [0.2, 0.25) is 5.91 Å². The fourth-order valence-corrected chi connectivity index (χ4v) is 1.60. The quantitative estimate of drug-likeness (QED) is 0.515. The van der Waals surface area contributed by atoms with E-state index in [2.05, 4.69) is 10.3 Å². The monoisotopic (exact) mass is 255 g/mol. The van der Waals surface area contributed by atoms with Crippen LogP contribution in [0, 0.1) is 0 Å². The third kappa shape index (κ3) is 4.54. The number of carbonyl (C=O) groups excluding carboxylic acids is 1. The molecule has 0 aliphatic rings. The van der Waals surface area contributed by atoms with E-state index in [9.17, 15) is 14.4 Å². The molecule has 0 bridgehead atoms. The van der Waals surface area contributed by atoms with Crippen molar-refractivity contribution in [3.8, 4) is 0 Å². The van der Waals surface area contributed by atoms with Gasteiger partial charge < -0.3 is 15.4 Å². The number of aliphatic hydroxyl groups excluding tert-OH is 1. The summed E-state index contributed by atoms with van der Waals surface area (Å²) < 4.78 is 0. The highest BCUT2D eigenvalue weighted by Crippen LogP contribution is 1.97. The van der Waals surface area contributed by atoms with Gasteiger partial charge in [-0.25, -0.2) is 4.79 Å². The van der Waals surface area contributed by atoms with Gasteiger partial charge in [0.05, 0.1) is 6.42 Å². The minimum atomic E-state index is -0.632. The van der Waals surface area contributed by atoms with E-state index in [-0.39, 0.29) is 30.7 Å². The van der Waals surface area contributed by atoms with Crippen molar-refractivity contribution in [2.45, 2.75) is 32.2 Å². The molecule has 1 heterocycles. The normalized spacial score (nSPS) is 12.1. The third-order valence-corrected chi connectivity index (χ3v) is 2.50. The Morgan fingerprint density at radius 2 is 2.17 bits per heavy atom. The first-order valence-electron chi connectivity index (χ1n) is 5.78. The van der Waals surface area contributed by atoms with Crippen molar-refractivity contribution in [3.05, 3.63) is 32.6 Å². The fraction of sp³-hybridized carbons (Fsp3) is 0.545. The lowest BCUT2D eigenvalue weighted by molar-refractivity contribution is -0.121. The van der Waals surface area contributed by atoms with Crippen molar-refractivity contribution >= 4 is 5.91 Å². The van der Waals surface area contributed by atoms with Gasteiger partial charge in [0.1, 0.15) is 0 Å². The Bertz CT molecular complexity index is 477. The maximum Gasteiger partial charge on any atom is 0.325 e. The molecule has 18 heavy (non-hydrogen) atoms. The molecule has 7 nitrogen and oxygen atoms in total. The Labute approximate surface area is 103 Å². The van der Waals surface area contributed by atoms with Crippen LogP contribution in [0.15, 0.2) is 15.7 Å². The molecular formula is C11H17N3O4. The van der Waals surface area contributed by atoms with Gasteiger partial charge >= 0.3 is 5.69 Å². The van der Waals surface area contributed by atoms with E-state index in [1.165, 1.54) is 6.07 Å². The van der Waals surface area contributed by atoms with E-state index in [0.29, 0.717) is 12.8 Å². The number of hydrogen-bond donors (Lipinski definition) is 4. The number of rotatable bonds is 6. The highest BCUT2D eigenvalue weighted by Gasteiger charge is 2.11. The molecule has 0 radical (unpaired) electrons. The van der Waals surface area contributed by atoms with E-state index in [1.807, 2.05) is 11.9 Å². The van der Waals surface area contributed by atoms with Crippen molar-refractivity contribution in [2.24, 2.45) is 0 Å². The minimum absolute atomic E-state index is 0.000620. The maximum atomic E-state index is 11.7. The summed E-state index contributed by atoms with van der Waals surface area (Å²) in [6.07, 6.45) is 1.12. The molecule has 0 aliphatic heterocycles. The molecule has 0 aliphatic carbocycles. The zero-order chi connectivity index (χ0) is 13.5. The topological polar surface area (TPSA) is 115 Å². The number of aromatic amines is 2. The zero-order valence-corrected chi connectivity index (χ0v) is 10.2. The van der Waals surface area contributed by atoms with Crippen LogP contribution in [-0.4, -0.2) is 33.6 Å². The number of hydrogen-bond acceptors (Lipinski definition) is 4. The number of amides is 1. The summed E-state index contributed by atoms with van der Waals surface area (Å²) in [5, 5.41) is 11.5. The molecule has 4 N–H and O–H groups in total. The van der Waals surface area contributed by atoms with Gasteiger partial charge in [0.25, 0.3) is 5.56 Å². The molecule has 1 atom stereocenters. The first kappa shape index (κ1) is 14.2. The van der Waals surface area contributed by atoms with Crippen LogP contribution < -0.4 is 16.6 Å². The molecule has 1 amide bonds. The van der Waals surface area contributed by atoms with Crippen LogP contribution in [0.4, 0.5) is 0 Å². The Kier molecular flexibility index (Phi) is 5.31. The largest absolute Gasteiger partial charge is 0.396 e. The van der Waals surface area contributed by atoms with Crippen LogP contribution in [-0.2, 0) is 11.2 Å². The van der Waals surface area contributed by atoms with Gasteiger partial charge in [-0.1, -0.05) is 6.92 Å². The molecule has 100 valence electrons.